The van der Waals surface area contributed by atoms with Crippen molar-refractivity contribution in [3.63, 3.8) is 0 Å². The Morgan fingerprint density at radius 2 is 0.906 bits per heavy atom. The maximum atomic E-state index is 14.1. The standard InChI is InChI=1S/C47H46F6N2O9/c1-9-35-27(5)43(33-21-39(25(3)19-37(33)54-35)59-29-11-15-31(16-12-29)63-46(48,49)50)41(23-57-7)61-45(56)62-42(24-58-8)44-28(6)36(10-2)55-38-20-26(4)40(22-34(38)44)60-30-13-17-32(18-14-30)64-47(51,52)53/h11-22,41-42H,9-10,23-24H2,1-8H3. The van der Waals surface area contributed by atoms with E-state index < -0.39 is 42.6 Å². The first-order chi connectivity index (χ1) is 30.3. The first-order valence-corrected chi connectivity index (χ1v) is 20.1. The van der Waals surface area contributed by atoms with E-state index in [1.165, 1.54) is 38.5 Å². The van der Waals surface area contributed by atoms with Crippen LogP contribution in [-0.4, -0.2) is 56.3 Å². The van der Waals surface area contributed by atoms with E-state index in [4.69, 9.17) is 38.4 Å². The van der Waals surface area contributed by atoms with Crippen LogP contribution in [0.15, 0.2) is 72.8 Å². The van der Waals surface area contributed by atoms with Crippen molar-refractivity contribution in [3.05, 3.63) is 118 Å². The lowest BCUT2D eigenvalue weighted by molar-refractivity contribution is -0.275. The minimum absolute atomic E-state index is 0.0850. The van der Waals surface area contributed by atoms with Crippen LogP contribution in [0.4, 0.5) is 31.1 Å². The monoisotopic (exact) mass is 896 g/mol. The highest BCUT2D eigenvalue weighted by molar-refractivity contribution is 5.88. The number of halogens is 6. The van der Waals surface area contributed by atoms with Gasteiger partial charge in [-0.1, -0.05) is 13.8 Å². The number of nitrogens with zero attached hydrogens (tertiary/aromatic N) is 2. The molecule has 64 heavy (non-hydrogen) atoms. The lowest BCUT2D eigenvalue weighted by Gasteiger charge is -2.26. The van der Waals surface area contributed by atoms with Crippen LogP contribution in [0.25, 0.3) is 21.8 Å². The summed E-state index contributed by atoms with van der Waals surface area (Å²) in [6.07, 6.45) is -11.7. The maximum Gasteiger partial charge on any atom is 0.573 e. The summed E-state index contributed by atoms with van der Waals surface area (Å²) >= 11 is 0. The third-order valence-corrected chi connectivity index (χ3v) is 10.3. The summed E-state index contributed by atoms with van der Waals surface area (Å²) < 4.78 is 120. The molecule has 0 aliphatic heterocycles. The van der Waals surface area contributed by atoms with E-state index in [2.05, 4.69) is 9.47 Å². The molecule has 2 heterocycles. The molecule has 0 aliphatic rings. The second-order valence-corrected chi connectivity index (χ2v) is 14.8. The summed E-state index contributed by atoms with van der Waals surface area (Å²) in [5.41, 5.74) is 6.64. The van der Waals surface area contributed by atoms with Gasteiger partial charge in [-0.2, -0.15) is 0 Å². The van der Waals surface area contributed by atoms with Gasteiger partial charge in [0.2, 0.25) is 0 Å². The highest BCUT2D eigenvalue weighted by atomic mass is 19.4. The molecule has 11 nitrogen and oxygen atoms in total. The molecule has 2 unspecified atom stereocenters. The molecule has 17 heteroatoms. The van der Waals surface area contributed by atoms with Gasteiger partial charge in [0.05, 0.1) is 24.2 Å². The van der Waals surface area contributed by atoms with Crippen molar-refractivity contribution in [3.8, 4) is 34.5 Å². The largest absolute Gasteiger partial charge is 0.573 e. The predicted octanol–water partition coefficient (Wildman–Crippen LogP) is 12.8. The van der Waals surface area contributed by atoms with Gasteiger partial charge >= 0.3 is 18.9 Å². The van der Waals surface area contributed by atoms with Crippen molar-refractivity contribution >= 4 is 28.0 Å². The van der Waals surface area contributed by atoms with E-state index in [1.54, 1.807) is 26.0 Å². The minimum Gasteiger partial charge on any atom is -0.457 e. The topological polar surface area (TPSA) is 117 Å². The number of alkyl halides is 6. The quantitative estimate of drug-likeness (QED) is 0.0683. The number of aromatic nitrogens is 2. The van der Waals surface area contributed by atoms with E-state index >= 15 is 0 Å². The van der Waals surface area contributed by atoms with Gasteiger partial charge in [-0.25, -0.2) is 4.79 Å². The van der Waals surface area contributed by atoms with Crippen molar-refractivity contribution in [2.75, 3.05) is 27.4 Å². The Bertz CT molecular complexity index is 2440. The number of rotatable bonds is 16. The summed E-state index contributed by atoms with van der Waals surface area (Å²) in [4.78, 5) is 23.9. The van der Waals surface area contributed by atoms with E-state index in [9.17, 15) is 31.1 Å². The Morgan fingerprint density at radius 1 is 0.562 bits per heavy atom. The van der Waals surface area contributed by atoms with Gasteiger partial charge in [-0.15, -0.1) is 26.3 Å². The molecule has 0 saturated carbocycles. The van der Waals surface area contributed by atoms with Gasteiger partial charge in [0.1, 0.15) is 34.5 Å². The van der Waals surface area contributed by atoms with Gasteiger partial charge in [-0.3, -0.25) is 9.97 Å². The number of fused-ring (bicyclic) bond motifs is 2. The van der Waals surface area contributed by atoms with Gasteiger partial charge in [0.15, 0.2) is 12.2 Å². The maximum absolute atomic E-state index is 14.1. The molecule has 0 aliphatic carbocycles. The zero-order valence-electron chi connectivity index (χ0n) is 36.2. The van der Waals surface area contributed by atoms with Crippen LogP contribution >= 0.6 is 0 Å². The average molecular weight is 897 g/mol. The van der Waals surface area contributed by atoms with Crippen molar-refractivity contribution < 1.29 is 69.0 Å². The van der Waals surface area contributed by atoms with Crippen LogP contribution in [0.5, 0.6) is 34.5 Å². The van der Waals surface area contributed by atoms with E-state index in [0.717, 1.165) is 46.8 Å². The van der Waals surface area contributed by atoms with Crippen molar-refractivity contribution in [2.45, 2.75) is 79.3 Å². The fourth-order valence-electron chi connectivity index (χ4n) is 7.46. The number of hydrogen-bond acceptors (Lipinski definition) is 11. The van der Waals surface area contributed by atoms with Gasteiger partial charge in [0.25, 0.3) is 0 Å². The van der Waals surface area contributed by atoms with Gasteiger partial charge < -0.3 is 37.9 Å². The molecule has 2 atom stereocenters. The van der Waals surface area contributed by atoms with Crippen LogP contribution in [-0.2, 0) is 31.8 Å². The normalized spacial score (nSPS) is 12.8. The first kappa shape index (κ1) is 47.2. The minimum atomic E-state index is -4.85. The van der Waals surface area contributed by atoms with Crippen LogP contribution in [0.2, 0.25) is 0 Å². The number of carbonyl (C=O) groups excluding carboxylic acids is 1. The highest BCUT2D eigenvalue weighted by Crippen LogP contribution is 2.40. The van der Waals surface area contributed by atoms with Gasteiger partial charge in [-0.05, 0) is 136 Å². The number of methoxy groups -OCH3 is 2. The van der Waals surface area contributed by atoms with Crippen LogP contribution in [0.1, 0.15) is 70.8 Å². The molecule has 0 radical (unpaired) electrons. The second kappa shape index (κ2) is 19.6. The van der Waals surface area contributed by atoms with Gasteiger partial charge in [0, 0.05) is 47.5 Å². The Labute approximate surface area is 365 Å². The van der Waals surface area contributed by atoms with E-state index in [-0.39, 0.29) is 24.7 Å². The molecular formula is C47H46F6N2O9. The number of carbonyl (C=O) groups is 1. The number of pyridine rings is 2. The molecule has 6 aromatic rings. The summed E-state index contributed by atoms with van der Waals surface area (Å²) in [7, 11) is 2.93. The summed E-state index contributed by atoms with van der Waals surface area (Å²) in [5.74, 6) is 0.444. The van der Waals surface area contributed by atoms with Crippen molar-refractivity contribution in [1.29, 1.82) is 0 Å². The molecule has 2 aromatic heterocycles. The summed E-state index contributed by atoms with van der Waals surface area (Å²) in [5, 5.41) is 1.15. The fraction of sp³-hybridized carbons (Fsp3) is 0.340. The Hall–Kier alpha value is -6.33. The summed E-state index contributed by atoms with van der Waals surface area (Å²) in [6.45, 7) is 11.1. The first-order valence-electron chi connectivity index (χ1n) is 20.1. The molecule has 0 fully saturated rings. The van der Waals surface area contributed by atoms with E-state index in [1.807, 2.05) is 39.8 Å². The van der Waals surface area contributed by atoms with Crippen LogP contribution < -0.4 is 18.9 Å². The molecular weight excluding hydrogens is 851 g/mol. The Morgan fingerprint density at radius 3 is 1.22 bits per heavy atom. The van der Waals surface area contributed by atoms with Crippen LogP contribution in [0, 0.1) is 27.7 Å². The zero-order valence-corrected chi connectivity index (χ0v) is 36.2. The molecule has 6 rings (SSSR count). The number of hydrogen-bond donors (Lipinski definition) is 0. The highest BCUT2D eigenvalue weighted by Gasteiger charge is 2.33. The number of aryl methyl sites for hydroxylation is 4. The molecule has 0 N–H and O–H groups in total. The third kappa shape index (κ3) is 11.2. The van der Waals surface area contributed by atoms with Crippen molar-refractivity contribution in [2.24, 2.45) is 0 Å². The Kier molecular flexibility index (Phi) is 14.4. The molecule has 0 saturated heterocycles. The molecule has 340 valence electrons. The lowest BCUT2D eigenvalue weighted by Crippen LogP contribution is -2.23. The molecule has 0 amide bonds. The average Bonchev–Trinajstić information content (AvgIpc) is 3.21. The molecule has 0 spiro atoms. The lowest BCUT2D eigenvalue weighted by atomic mass is 9.95. The number of ether oxygens (including phenoxy) is 8. The number of benzene rings is 4. The zero-order chi connectivity index (χ0) is 46.5. The Balaban J connectivity index is 1.34. The van der Waals surface area contributed by atoms with Crippen molar-refractivity contribution in [1.82, 2.24) is 9.97 Å². The molecule has 0 bridgehead atoms. The SMILES string of the molecule is CCc1nc2cc(C)c(Oc3ccc(OC(F)(F)F)cc3)cc2c(C(COC)OC(=O)OC(COC)c2c(C)c(CC)nc3cc(C)c(Oc4ccc(OC(F)(F)F)cc4)cc23)c1C. The fourth-order valence-corrected chi connectivity index (χ4v) is 7.46. The molecule has 4 aromatic carbocycles. The summed E-state index contributed by atoms with van der Waals surface area (Å²) in [6, 6.07) is 17.1. The smallest absolute Gasteiger partial charge is 0.457 e. The predicted molar refractivity (Wildman–Crippen MR) is 224 cm³/mol. The van der Waals surface area contributed by atoms with Crippen LogP contribution in [0.3, 0.4) is 0 Å². The third-order valence-electron chi connectivity index (χ3n) is 10.3. The van der Waals surface area contributed by atoms with E-state index in [0.29, 0.717) is 68.4 Å². The second-order valence-electron chi connectivity index (χ2n) is 14.8.